The second-order valence-corrected chi connectivity index (χ2v) is 3.93. The minimum Gasteiger partial charge on any atom is -0.468 e. The van der Waals surface area contributed by atoms with Crippen LogP contribution in [0.2, 0.25) is 10.0 Å². The minimum absolute atomic E-state index is 0.181. The summed E-state index contributed by atoms with van der Waals surface area (Å²) in [6.45, 7) is -0.227. The molecule has 1 aromatic rings. The van der Waals surface area contributed by atoms with Gasteiger partial charge in [0.2, 0.25) is 0 Å². The molecule has 5 nitrogen and oxygen atoms in total. The number of anilines is 1. The molecule has 17 heavy (non-hydrogen) atoms. The third-order valence-electron chi connectivity index (χ3n) is 1.96. The first-order chi connectivity index (χ1) is 7.95. The van der Waals surface area contributed by atoms with Crippen LogP contribution in [-0.4, -0.2) is 25.5 Å². The molecule has 0 aromatic heterocycles. The summed E-state index contributed by atoms with van der Waals surface area (Å²) in [6, 6.07) is 2.74. The maximum atomic E-state index is 11.6. The second-order valence-electron chi connectivity index (χ2n) is 3.11. The molecule has 7 heteroatoms. The summed E-state index contributed by atoms with van der Waals surface area (Å²) in [5, 5.41) is 2.71. The molecule has 0 aliphatic rings. The van der Waals surface area contributed by atoms with Gasteiger partial charge in [0.05, 0.1) is 22.8 Å². The number of hydrogen-bond acceptors (Lipinski definition) is 4. The van der Waals surface area contributed by atoms with Gasteiger partial charge < -0.3 is 15.8 Å². The summed E-state index contributed by atoms with van der Waals surface area (Å²) >= 11 is 11.5. The highest BCUT2D eigenvalue weighted by atomic mass is 35.5. The topological polar surface area (TPSA) is 81.4 Å². The Morgan fingerprint density at radius 1 is 1.35 bits per heavy atom. The van der Waals surface area contributed by atoms with Crippen LogP contribution in [0.25, 0.3) is 0 Å². The van der Waals surface area contributed by atoms with Crippen molar-refractivity contribution in [1.82, 2.24) is 5.32 Å². The predicted molar refractivity (Wildman–Crippen MR) is 65.2 cm³/mol. The monoisotopic (exact) mass is 276 g/mol. The Morgan fingerprint density at radius 3 is 2.35 bits per heavy atom. The second kappa shape index (κ2) is 5.75. The summed E-state index contributed by atoms with van der Waals surface area (Å²) in [5.41, 5.74) is 5.95. The first kappa shape index (κ1) is 13.6. The number of halogens is 2. The zero-order valence-electron chi connectivity index (χ0n) is 8.92. The third-order valence-corrected chi connectivity index (χ3v) is 2.59. The van der Waals surface area contributed by atoms with E-state index in [1.165, 1.54) is 19.2 Å². The van der Waals surface area contributed by atoms with Gasteiger partial charge in [0.15, 0.2) is 0 Å². The molecule has 0 saturated heterocycles. The van der Waals surface area contributed by atoms with E-state index in [1.807, 2.05) is 0 Å². The Hall–Kier alpha value is -1.46. The third kappa shape index (κ3) is 3.51. The number of carbonyl (C=O) groups excluding carboxylic acids is 2. The quantitative estimate of drug-likeness (QED) is 0.647. The largest absolute Gasteiger partial charge is 0.468 e. The molecule has 0 atom stereocenters. The van der Waals surface area contributed by atoms with Gasteiger partial charge in [-0.15, -0.1) is 0 Å². The van der Waals surface area contributed by atoms with E-state index in [-0.39, 0.29) is 27.8 Å². The molecule has 0 bridgehead atoms. The molecule has 3 N–H and O–H groups in total. The molecule has 0 radical (unpaired) electrons. The molecule has 0 unspecified atom stereocenters. The lowest BCUT2D eigenvalue weighted by molar-refractivity contribution is -0.139. The van der Waals surface area contributed by atoms with Crippen molar-refractivity contribution in [2.24, 2.45) is 0 Å². The van der Waals surface area contributed by atoms with E-state index in [0.717, 1.165) is 0 Å². The average molecular weight is 277 g/mol. The Morgan fingerprint density at radius 2 is 1.88 bits per heavy atom. The Labute approximate surface area is 108 Å². The fraction of sp³-hybridized carbons (Fsp3) is 0.200. The molecule has 1 rings (SSSR count). The molecular formula is C10H10Cl2N2O3. The first-order valence-corrected chi connectivity index (χ1v) is 5.30. The predicted octanol–water partition coefficient (Wildman–Crippen LogP) is 1.48. The minimum atomic E-state index is -0.550. The Kier molecular flexibility index (Phi) is 4.60. The molecule has 0 aliphatic carbocycles. The van der Waals surface area contributed by atoms with E-state index in [2.05, 4.69) is 10.1 Å². The van der Waals surface area contributed by atoms with Crippen LogP contribution in [0.3, 0.4) is 0 Å². The van der Waals surface area contributed by atoms with Crippen LogP contribution >= 0.6 is 23.2 Å². The smallest absolute Gasteiger partial charge is 0.325 e. The lowest BCUT2D eigenvalue weighted by Crippen LogP contribution is -2.30. The zero-order chi connectivity index (χ0) is 13.0. The van der Waals surface area contributed by atoms with Crippen molar-refractivity contribution in [1.29, 1.82) is 0 Å². The molecule has 0 fully saturated rings. The van der Waals surface area contributed by atoms with Crippen molar-refractivity contribution in [2.75, 3.05) is 19.4 Å². The van der Waals surface area contributed by atoms with Crippen molar-refractivity contribution >= 4 is 40.8 Å². The summed E-state index contributed by atoms with van der Waals surface area (Å²) in [4.78, 5) is 22.4. The molecule has 0 aliphatic heterocycles. The van der Waals surface area contributed by atoms with Crippen LogP contribution in [0.5, 0.6) is 0 Å². The van der Waals surface area contributed by atoms with Crippen LogP contribution in [-0.2, 0) is 9.53 Å². The van der Waals surface area contributed by atoms with Crippen LogP contribution in [0.1, 0.15) is 10.4 Å². The van der Waals surface area contributed by atoms with Crippen LogP contribution < -0.4 is 11.1 Å². The highest BCUT2D eigenvalue weighted by Gasteiger charge is 2.12. The molecule has 0 heterocycles. The fourth-order valence-corrected chi connectivity index (χ4v) is 1.53. The number of amides is 1. The molecule has 92 valence electrons. The maximum absolute atomic E-state index is 11.6. The number of nitrogen functional groups attached to an aromatic ring is 1. The van der Waals surface area contributed by atoms with Gasteiger partial charge in [-0.2, -0.15) is 0 Å². The SMILES string of the molecule is COC(=O)CNC(=O)c1cc(Cl)c(N)c(Cl)c1. The Balaban J connectivity index is 2.80. The van der Waals surface area contributed by atoms with Gasteiger partial charge in [-0.25, -0.2) is 0 Å². The lowest BCUT2D eigenvalue weighted by Gasteiger charge is -2.07. The number of esters is 1. The number of hydrogen-bond donors (Lipinski definition) is 2. The number of nitrogens with one attached hydrogen (secondary N) is 1. The van der Waals surface area contributed by atoms with Gasteiger partial charge in [-0.1, -0.05) is 23.2 Å². The van der Waals surface area contributed by atoms with Crippen molar-refractivity contribution in [2.45, 2.75) is 0 Å². The molecule has 1 amide bonds. The van der Waals surface area contributed by atoms with E-state index >= 15 is 0 Å². The first-order valence-electron chi connectivity index (χ1n) is 4.55. The fourth-order valence-electron chi connectivity index (χ4n) is 1.04. The number of nitrogens with two attached hydrogens (primary N) is 1. The van der Waals surface area contributed by atoms with Gasteiger partial charge in [0.25, 0.3) is 5.91 Å². The number of benzene rings is 1. The number of rotatable bonds is 3. The summed E-state index contributed by atoms with van der Waals surface area (Å²) in [6.07, 6.45) is 0. The van der Waals surface area contributed by atoms with Crippen molar-refractivity contribution < 1.29 is 14.3 Å². The Bertz CT molecular complexity index is 440. The molecule has 1 aromatic carbocycles. The van der Waals surface area contributed by atoms with E-state index in [4.69, 9.17) is 28.9 Å². The molecule has 0 spiro atoms. The van der Waals surface area contributed by atoms with Crippen molar-refractivity contribution in [3.8, 4) is 0 Å². The van der Waals surface area contributed by atoms with Crippen LogP contribution in [0.15, 0.2) is 12.1 Å². The van der Waals surface area contributed by atoms with Crippen molar-refractivity contribution in [3.63, 3.8) is 0 Å². The van der Waals surface area contributed by atoms with Crippen molar-refractivity contribution in [3.05, 3.63) is 27.7 Å². The number of ether oxygens (including phenoxy) is 1. The average Bonchev–Trinajstić information content (AvgIpc) is 2.31. The van der Waals surface area contributed by atoms with E-state index < -0.39 is 11.9 Å². The summed E-state index contributed by atoms with van der Waals surface area (Å²) in [7, 11) is 1.23. The standard InChI is InChI=1S/C10H10Cl2N2O3/c1-17-8(15)4-14-10(16)5-2-6(11)9(13)7(12)3-5/h2-3H,4,13H2,1H3,(H,14,16). The van der Waals surface area contributed by atoms with E-state index in [1.54, 1.807) is 0 Å². The summed E-state index contributed by atoms with van der Waals surface area (Å²) in [5.74, 6) is -1.04. The van der Waals surface area contributed by atoms with Gasteiger partial charge >= 0.3 is 5.97 Å². The number of carbonyl (C=O) groups is 2. The highest BCUT2D eigenvalue weighted by Crippen LogP contribution is 2.28. The lowest BCUT2D eigenvalue weighted by atomic mass is 10.2. The van der Waals surface area contributed by atoms with Crippen LogP contribution in [0.4, 0.5) is 5.69 Å². The maximum Gasteiger partial charge on any atom is 0.325 e. The van der Waals surface area contributed by atoms with Gasteiger partial charge in [-0.3, -0.25) is 9.59 Å². The zero-order valence-corrected chi connectivity index (χ0v) is 10.4. The normalized spacial score (nSPS) is 9.82. The van der Waals surface area contributed by atoms with E-state index in [0.29, 0.717) is 0 Å². The van der Waals surface area contributed by atoms with E-state index in [9.17, 15) is 9.59 Å². The number of methoxy groups -OCH3 is 1. The summed E-state index contributed by atoms with van der Waals surface area (Å²) < 4.78 is 4.38. The molecular weight excluding hydrogens is 267 g/mol. The highest BCUT2D eigenvalue weighted by molar-refractivity contribution is 6.39. The van der Waals surface area contributed by atoms with Gasteiger partial charge in [0, 0.05) is 5.56 Å². The van der Waals surface area contributed by atoms with Gasteiger partial charge in [0.1, 0.15) is 6.54 Å². The van der Waals surface area contributed by atoms with Gasteiger partial charge in [-0.05, 0) is 12.1 Å². The molecule has 0 saturated carbocycles. The van der Waals surface area contributed by atoms with Crippen LogP contribution in [0, 0.1) is 0 Å².